The molecule has 2 aromatic rings. The smallest absolute Gasteiger partial charge is 0.360 e. The Morgan fingerprint density at radius 2 is 1.95 bits per heavy atom. The third kappa shape index (κ3) is 2.78. The maximum atomic E-state index is 11.9. The van der Waals surface area contributed by atoms with Crippen LogP contribution in [0.5, 0.6) is 0 Å². The molecule has 7 nitrogen and oxygen atoms in total. The monoisotopic (exact) mass is 302 g/mol. The average molecular weight is 302 g/mol. The fraction of sp³-hybridized carbons (Fsp3) is 0.267. The van der Waals surface area contributed by atoms with Crippen molar-refractivity contribution in [2.45, 2.75) is 6.10 Å². The Bertz CT molecular complexity index is 676. The highest BCUT2D eigenvalue weighted by atomic mass is 16.5. The zero-order valence-corrected chi connectivity index (χ0v) is 11.9. The summed E-state index contributed by atoms with van der Waals surface area (Å²) in [6.07, 6.45) is 1.02. The van der Waals surface area contributed by atoms with Crippen molar-refractivity contribution in [3.63, 3.8) is 0 Å². The number of oxazole rings is 1. The summed E-state index contributed by atoms with van der Waals surface area (Å²) >= 11 is 0. The van der Waals surface area contributed by atoms with Crippen LogP contribution in [-0.4, -0.2) is 43.2 Å². The van der Waals surface area contributed by atoms with Gasteiger partial charge in [0.25, 0.3) is 6.01 Å². The molecule has 1 saturated heterocycles. The SMILES string of the molecule is COC(=O)c1coc(N2CC(OC(=O)c3ccccc3)C2)n1. The summed E-state index contributed by atoms with van der Waals surface area (Å²) in [5, 5.41) is 0. The summed E-state index contributed by atoms with van der Waals surface area (Å²) in [5.74, 6) is -0.907. The van der Waals surface area contributed by atoms with Gasteiger partial charge >= 0.3 is 11.9 Å². The Labute approximate surface area is 126 Å². The van der Waals surface area contributed by atoms with E-state index in [0.29, 0.717) is 24.7 Å². The van der Waals surface area contributed by atoms with Crippen molar-refractivity contribution in [2.24, 2.45) is 0 Å². The number of rotatable bonds is 4. The fourth-order valence-electron chi connectivity index (χ4n) is 2.07. The summed E-state index contributed by atoms with van der Waals surface area (Å²) in [6.45, 7) is 0.944. The van der Waals surface area contributed by atoms with Gasteiger partial charge in [-0.3, -0.25) is 0 Å². The van der Waals surface area contributed by atoms with Crippen LogP contribution in [0, 0.1) is 0 Å². The maximum Gasteiger partial charge on any atom is 0.360 e. The molecule has 1 aliphatic rings. The number of hydrogen-bond donors (Lipinski definition) is 0. The van der Waals surface area contributed by atoms with E-state index in [-0.39, 0.29) is 17.8 Å². The van der Waals surface area contributed by atoms with Gasteiger partial charge in [-0.05, 0) is 12.1 Å². The Hall–Kier alpha value is -2.83. The van der Waals surface area contributed by atoms with Gasteiger partial charge in [-0.1, -0.05) is 18.2 Å². The number of ether oxygens (including phenoxy) is 2. The van der Waals surface area contributed by atoms with Gasteiger partial charge in [0.1, 0.15) is 12.4 Å². The molecule has 0 aliphatic carbocycles. The van der Waals surface area contributed by atoms with E-state index in [2.05, 4.69) is 9.72 Å². The highest BCUT2D eigenvalue weighted by Crippen LogP contribution is 2.22. The predicted molar refractivity (Wildman–Crippen MR) is 75.7 cm³/mol. The van der Waals surface area contributed by atoms with E-state index in [1.165, 1.54) is 13.4 Å². The first-order chi connectivity index (χ1) is 10.7. The van der Waals surface area contributed by atoms with Crippen LogP contribution in [0.4, 0.5) is 6.01 Å². The fourth-order valence-corrected chi connectivity index (χ4v) is 2.07. The lowest BCUT2D eigenvalue weighted by atomic mass is 10.2. The van der Waals surface area contributed by atoms with E-state index in [4.69, 9.17) is 9.15 Å². The number of nitrogens with zero attached hydrogens (tertiary/aromatic N) is 2. The lowest BCUT2D eigenvalue weighted by Crippen LogP contribution is -2.53. The van der Waals surface area contributed by atoms with E-state index in [0.717, 1.165) is 0 Å². The minimum atomic E-state index is -0.553. The summed E-state index contributed by atoms with van der Waals surface area (Å²) in [6, 6.07) is 9.12. The molecule has 1 aliphatic heterocycles. The molecule has 0 bridgehead atoms. The van der Waals surface area contributed by atoms with Gasteiger partial charge in [-0.15, -0.1) is 0 Å². The molecular formula is C15H14N2O5. The van der Waals surface area contributed by atoms with Gasteiger partial charge in [-0.25, -0.2) is 9.59 Å². The molecule has 0 spiro atoms. The Morgan fingerprint density at radius 3 is 2.64 bits per heavy atom. The Morgan fingerprint density at radius 1 is 1.23 bits per heavy atom. The van der Waals surface area contributed by atoms with Crippen LogP contribution >= 0.6 is 0 Å². The maximum absolute atomic E-state index is 11.9. The topological polar surface area (TPSA) is 81.9 Å². The predicted octanol–water partition coefficient (Wildman–Crippen LogP) is 1.51. The van der Waals surface area contributed by atoms with E-state index in [1.807, 2.05) is 6.07 Å². The van der Waals surface area contributed by atoms with Crippen LogP contribution in [-0.2, 0) is 9.47 Å². The van der Waals surface area contributed by atoms with Crippen molar-refractivity contribution >= 4 is 18.0 Å². The number of hydrogen-bond acceptors (Lipinski definition) is 7. The van der Waals surface area contributed by atoms with Crippen LogP contribution < -0.4 is 4.90 Å². The third-order valence-corrected chi connectivity index (χ3v) is 3.29. The van der Waals surface area contributed by atoms with Crippen molar-refractivity contribution in [1.82, 2.24) is 4.98 Å². The number of esters is 2. The minimum absolute atomic E-state index is 0.113. The van der Waals surface area contributed by atoms with Crippen LogP contribution in [0.3, 0.4) is 0 Å². The quantitative estimate of drug-likeness (QED) is 0.792. The van der Waals surface area contributed by atoms with Crippen LogP contribution in [0.15, 0.2) is 41.0 Å². The lowest BCUT2D eigenvalue weighted by molar-refractivity contribution is 0.0225. The summed E-state index contributed by atoms with van der Waals surface area (Å²) in [5.41, 5.74) is 0.632. The van der Waals surface area contributed by atoms with Crippen molar-refractivity contribution < 1.29 is 23.5 Å². The number of carbonyl (C=O) groups is 2. The van der Waals surface area contributed by atoms with E-state index < -0.39 is 5.97 Å². The molecule has 1 fully saturated rings. The van der Waals surface area contributed by atoms with E-state index in [9.17, 15) is 9.59 Å². The van der Waals surface area contributed by atoms with Crippen molar-refractivity contribution in [1.29, 1.82) is 0 Å². The molecule has 0 saturated carbocycles. The molecule has 114 valence electrons. The first-order valence-corrected chi connectivity index (χ1v) is 6.72. The molecule has 0 atom stereocenters. The second-order valence-corrected chi connectivity index (χ2v) is 4.81. The normalized spacial score (nSPS) is 14.3. The van der Waals surface area contributed by atoms with Crippen molar-refractivity contribution in [3.8, 4) is 0 Å². The van der Waals surface area contributed by atoms with Gasteiger partial charge in [0.15, 0.2) is 5.69 Å². The van der Waals surface area contributed by atoms with Crippen LogP contribution in [0.1, 0.15) is 20.8 Å². The number of aromatic nitrogens is 1. The highest BCUT2D eigenvalue weighted by molar-refractivity contribution is 5.89. The zero-order valence-electron chi connectivity index (χ0n) is 11.9. The van der Waals surface area contributed by atoms with Crippen molar-refractivity contribution in [3.05, 3.63) is 47.9 Å². The third-order valence-electron chi connectivity index (χ3n) is 3.29. The highest BCUT2D eigenvalue weighted by Gasteiger charge is 2.33. The van der Waals surface area contributed by atoms with E-state index >= 15 is 0 Å². The zero-order chi connectivity index (χ0) is 15.5. The molecule has 0 unspecified atom stereocenters. The van der Waals surface area contributed by atoms with Crippen LogP contribution in [0.25, 0.3) is 0 Å². The van der Waals surface area contributed by atoms with Gasteiger partial charge in [0, 0.05) is 0 Å². The Balaban J connectivity index is 1.53. The summed E-state index contributed by atoms with van der Waals surface area (Å²) in [4.78, 5) is 29.0. The number of anilines is 1. The first-order valence-electron chi connectivity index (χ1n) is 6.72. The molecule has 1 aromatic carbocycles. The Kier molecular flexibility index (Phi) is 3.78. The molecule has 0 N–H and O–H groups in total. The lowest BCUT2D eigenvalue weighted by Gasteiger charge is -2.37. The van der Waals surface area contributed by atoms with Crippen molar-refractivity contribution in [2.75, 3.05) is 25.1 Å². The second-order valence-electron chi connectivity index (χ2n) is 4.81. The van der Waals surface area contributed by atoms with E-state index in [1.54, 1.807) is 29.2 Å². The molecule has 2 heterocycles. The summed E-state index contributed by atoms with van der Waals surface area (Å²) in [7, 11) is 1.28. The average Bonchev–Trinajstić information content (AvgIpc) is 2.99. The molecule has 0 amide bonds. The molecule has 22 heavy (non-hydrogen) atoms. The van der Waals surface area contributed by atoms with Crippen LogP contribution in [0.2, 0.25) is 0 Å². The molecule has 0 radical (unpaired) electrons. The van der Waals surface area contributed by atoms with Gasteiger partial charge in [0.2, 0.25) is 0 Å². The molecule has 3 rings (SSSR count). The van der Waals surface area contributed by atoms with Gasteiger partial charge < -0.3 is 18.8 Å². The molecule has 7 heteroatoms. The van der Waals surface area contributed by atoms with Gasteiger partial charge in [0.05, 0.1) is 25.8 Å². The standard InChI is InChI=1S/C15H14N2O5/c1-20-14(19)12-9-21-15(16-12)17-7-11(8-17)22-13(18)10-5-3-2-4-6-10/h2-6,9,11H,7-8H2,1H3. The summed E-state index contributed by atoms with van der Waals surface area (Å²) < 4.78 is 15.1. The first kappa shape index (κ1) is 14.1. The van der Waals surface area contributed by atoms with Gasteiger partial charge in [-0.2, -0.15) is 4.98 Å². The molecular weight excluding hydrogens is 288 g/mol. The second kappa shape index (κ2) is 5.88. The number of methoxy groups -OCH3 is 1. The molecule has 1 aromatic heterocycles. The number of carbonyl (C=O) groups excluding carboxylic acids is 2. The number of benzene rings is 1. The largest absolute Gasteiger partial charge is 0.464 e. The minimum Gasteiger partial charge on any atom is -0.464 e.